The van der Waals surface area contributed by atoms with E-state index in [2.05, 4.69) is 5.32 Å². The van der Waals surface area contributed by atoms with Gasteiger partial charge in [0.05, 0.1) is 10.6 Å². The van der Waals surface area contributed by atoms with E-state index in [0.29, 0.717) is 6.42 Å². The van der Waals surface area contributed by atoms with E-state index in [4.69, 9.17) is 0 Å². The molecule has 0 aliphatic carbocycles. The molecule has 0 radical (unpaired) electrons. The Morgan fingerprint density at radius 1 is 0.944 bits per heavy atom. The summed E-state index contributed by atoms with van der Waals surface area (Å²) in [6, 6.07) is 19.5. The number of aryl methyl sites for hydroxylation is 1. The molecular formula is C27H30FN3O4S. The summed E-state index contributed by atoms with van der Waals surface area (Å²) < 4.78 is 42.8. The Balaban J connectivity index is 2.08. The van der Waals surface area contributed by atoms with Gasteiger partial charge in [0.2, 0.25) is 11.8 Å². The molecule has 0 heterocycles. The number of amides is 2. The minimum absolute atomic E-state index is 0.0788. The number of rotatable bonds is 10. The van der Waals surface area contributed by atoms with Gasteiger partial charge in [0.25, 0.3) is 10.0 Å². The summed E-state index contributed by atoms with van der Waals surface area (Å²) in [5.41, 5.74) is 1.49. The van der Waals surface area contributed by atoms with Crippen molar-refractivity contribution in [1.82, 2.24) is 10.2 Å². The van der Waals surface area contributed by atoms with Crippen LogP contribution in [-0.4, -0.2) is 44.8 Å². The molecule has 0 saturated carbocycles. The number of para-hydroxylation sites is 1. The van der Waals surface area contributed by atoms with Gasteiger partial charge in [0, 0.05) is 13.6 Å². The van der Waals surface area contributed by atoms with Crippen molar-refractivity contribution in [2.45, 2.75) is 37.8 Å². The SMILES string of the molecule is CC[C@H](C(=O)NC)N(Cc1ccccc1C)C(=O)CN(c1ccccc1F)S(=O)(=O)c1ccccc1. The molecule has 3 aromatic rings. The van der Waals surface area contributed by atoms with Crippen LogP contribution in [0.2, 0.25) is 0 Å². The molecule has 0 saturated heterocycles. The van der Waals surface area contributed by atoms with E-state index in [-0.39, 0.29) is 23.0 Å². The van der Waals surface area contributed by atoms with Gasteiger partial charge in [-0.25, -0.2) is 12.8 Å². The van der Waals surface area contributed by atoms with Gasteiger partial charge in [-0.1, -0.05) is 61.5 Å². The van der Waals surface area contributed by atoms with E-state index >= 15 is 0 Å². The summed E-state index contributed by atoms with van der Waals surface area (Å²) in [7, 11) is -2.82. The number of sulfonamides is 1. The van der Waals surface area contributed by atoms with Gasteiger partial charge in [0.15, 0.2) is 0 Å². The molecule has 0 unspecified atom stereocenters. The number of carbonyl (C=O) groups excluding carboxylic acids is 2. The zero-order valence-corrected chi connectivity index (χ0v) is 21.3. The third-order valence-electron chi connectivity index (χ3n) is 5.97. The highest BCUT2D eigenvalue weighted by atomic mass is 32.2. The molecule has 0 spiro atoms. The lowest BCUT2D eigenvalue weighted by Crippen LogP contribution is -2.52. The second-order valence-electron chi connectivity index (χ2n) is 8.26. The van der Waals surface area contributed by atoms with Crippen LogP contribution in [0.4, 0.5) is 10.1 Å². The van der Waals surface area contributed by atoms with Crippen molar-refractivity contribution in [3.63, 3.8) is 0 Å². The number of likely N-dealkylation sites (N-methyl/N-ethyl adjacent to an activating group) is 1. The second kappa shape index (κ2) is 11.8. The fourth-order valence-electron chi connectivity index (χ4n) is 3.94. The lowest BCUT2D eigenvalue weighted by atomic mass is 10.1. The number of nitrogens with zero attached hydrogens (tertiary/aromatic N) is 2. The molecule has 1 atom stereocenters. The van der Waals surface area contributed by atoms with Crippen LogP contribution in [-0.2, 0) is 26.2 Å². The summed E-state index contributed by atoms with van der Waals surface area (Å²) in [4.78, 5) is 27.7. The van der Waals surface area contributed by atoms with Gasteiger partial charge < -0.3 is 10.2 Å². The van der Waals surface area contributed by atoms with E-state index in [9.17, 15) is 22.4 Å². The van der Waals surface area contributed by atoms with Gasteiger partial charge >= 0.3 is 0 Å². The van der Waals surface area contributed by atoms with Crippen LogP contribution in [0.3, 0.4) is 0 Å². The van der Waals surface area contributed by atoms with Crippen LogP contribution in [0.1, 0.15) is 24.5 Å². The van der Waals surface area contributed by atoms with Crippen molar-refractivity contribution in [2.75, 3.05) is 17.9 Å². The maximum atomic E-state index is 14.8. The van der Waals surface area contributed by atoms with Crippen LogP contribution in [0, 0.1) is 12.7 Å². The first-order valence-electron chi connectivity index (χ1n) is 11.6. The molecule has 1 N–H and O–H groups in total. The lowest BCUT2D eigenvalue weighted by molar-refractivity contribution is -0.140. The van der Waals surface area contributed by atoms with Crippen molar-refractivity contribution in [3.8, 4) is 0 Å². The molecular weight excluding hydrogens is 481 g/mol. The van der Waals surface area contributed by atoms with Crippen molar-refractivity contribution in [1.29, 1.82) is 0 Å². The number of carbonyl (C=O) groups is 2. The highest BCUT2D eigenvalue weighted by Gasteiger charge is 2.34. The van der Waals surface area contributed by atoms with Crippen molar-refractivity contribution in [2.24, 2.45) is 0 Å². The Hall–Kier alpha value is -3.72. The van der Waals surface area contributed by atoms with Crippen LogP contribution < -0.4 is 9.62 Å². The smallest absolute Gasteiger partial charge is 0.264 e. The molecule has 9 heteroatoms. The van der Waals surface area contributed by atoms with E-state index < -0.39 is 34.3 Å². The third-order valence-corrected chi connectivity index (χ3v) is 7.74. The van der Waals surface area contributed by atoms with Crippen molar-refractivity contribution < 1.29 is 22.4 Å². The normalized spacial score (nSPS) is 12.0. The van der Waals surface area contributed by atoms with Gasteiger partial charge in [-0.3, -0.25) is 13.9 Å². The Kier molecular flexibility index (Phi) is 8.82. The van der Waals surface area contributed by atoms with Crippen LogP contribution in [0.5, 0.6) is 0 Å². The minimum atomic E-state index is -4.30. The molecule has 7 nitrogen and oxygen atoms in total. The quantitative estimate of drug-likeness (QED) is 0.448. The Labute approximate surface area is 211 Å². The summed E-state index contributed by atoms with van der Waals surface area (Å²) in [5, 5.41) is 2.58. The highest BCUT2D eigenvalue weighted by Crippen LogP contribution is 2.27. The molecule has 36 heavy (non-hydrogen) atoms. The van der Waals surface area contributed by atoms with Crippen molar-refractivity contribution >= 4 is 27.5 Å². The van der Waals surface area contributed by atoms with Gasteiger partial charge in [-0.15, -0.1) is 0 Å². The molecule has 3 rings (SSSR count). The molecule has 0 aliphatic rings. The number of hydrogen-bond donors (Lipinski definition) is 1. The average molecular weight is 512 g/mol. The first kappa shape index (κ1) is 26.9. The summed E-state index contributed by atoms with van der Waals surface area (Å²) in [6.07, 6.45) is 0.308. The number of anilines is 1. The van der Waals surface area contributed by atoms with Crippen LogP contribution in [0.15, 0.2) is 83.8 Å². The van der Waals surface area contributed by atoms with Gasteiger partial charge in [0.1, 0.15) is 18.4 Å². The van der Waals surface area contributed by atoms with Gasteiger partial charge in [-0.05, 0) is 48.7 Å². The largest absolute Gasteiger partial charge is 0.357 e. The molecule has 0 fully saturated rings. The zero-order valence-electron chi connectivity index (χ0n) is 20.5. The Morgan fingerprint density at radius 3 is 2.17 bits per heavy atom. The number of benzene rings is 3. The minimum Gasteiger partial charge on any atom is -0.357 e. The fourth-order valence-corrected chi connectivity index (χ4v) is 5.39. The van der Waals surface area contributed by atoms with Crippen LogP contribution in [0.25, 0.3) is 0 Å². The standard InChI is InChI=1S/C27H30FN3O4S/c1-4-24(27(33)29-3)30(18-21-13-9-8-12-20(21)2)26(32)19-31(25-17-11-10-16-23(25)28)36(34,35)22-14-6-5-7-15-22/h5-17,24H,4,18-19H2,1-3H3,(H,29,33)/t24-/m1/s1. The monoisotopic (exact) mass is 511 g/mol. The van der Waals surface area contributed by atoms with Gasteiger partial charge in [-0.2, -0.15) is 0 Å². The summed E-state index contributed by atoms with van der Waals surface area (Å²) in [5.74, 6) is -1.78. The zero-order chi connectivity index (χ0) is 26.3. The van der Waals surface area contributed by atoms with E-state index in [1.54, 1.807) is 25.1 Å². The van der Waals surface area contributed by atoms with Crippen LogP contribution >= 0.6 is 0 Å². The fraction of sp³-hybridized carbons (Fsp3) is 0.259. The second-order valence-corrected chi connectivity index (χ2v) is 10.1. The molecule has 2 amide bonds. The molecule has 190 valence electrons. The first-order chi connectivity index (χ1) is 17.2. The maximum Gasteiger partial charge on any atom is 0.264 e. The Morgan fingerprint density at radius 2 is 1.56 bits per heavy atom. The van der Waals surface area contributed by atoms with E-state index in [0.717, 1.165) is 21.5 Å². The number of hydrogen-bond acceptors (Lipinski definition) is 4. The highest BCUT2D eigenvalue weighted by molar-refractivity contribution is 7.92. The molecule has 3 aromatic carbocycles. The average Bonchev–Trinajstić information content (AvgIpc) is 2.88. The molecule has 0 aromatic heterocycles. The molecule has 0 bridgehead atoms. The lowest BCUT2D eigenvalue weighted by Gasteiger charge is -2.33. The van der Waals surface area contributed by atoms with Crippen molar-refractivity contribution in [3.05, 3.63) is 95.8 Å². The van der Waals surface area contributed by atoms with E-state index in [1.807, 2.05) is 31.2 Å². The Bertz CT molecular complexity index is 1320. The maximum absolute atomic E-state index is 14.8. The third kappa shape index (κ3) is 5.91. The summed E-state index contributed by atoms with van der Waals surface area (Å²) in [6.45, 7) is 3.07. The van der Waals surface area contributed by atoms with E-state index in [1.165, 1.54) is 42.3 Å². The topological polar surface area (TPSA) is 86.8 Å². The predicted octanol–water partition coefficient (Wildman–Crippen LogP) is 3.88. The number of nitrogens with one attached hydrogen (secondary N) is 1. The summed E-state index contributed by atoms with van der Waals surface area (Å²) >= 11 is 0. The number of halogens is 1. The first-order valence-corrected chi connectivity index (χ1v) is 13.0. The molecule has 0 aliphatic heterocycles. The predicted molar refractivity (Wildman–Crippen MR) is 137 cm³/mol.